The summed E-state index contributed by atoms with van der Waals surface area (Å²) < 4.78 is 0. The molecular formula is C19H27N5O. The number of aromatic nitrogens is 2. The fourth-order valence-corrected chi connectivity index (χ4v) is 2.38. The van der Waals surface area contributed by atoms with Gasteiger partial charge >= 0.3 is 0 Å². The van der Waals surface area contributed by atoms with Crippen LogP contribution >= 0.6 is 0 Å². The van der Waals surface area contributed by atoms with E-state index in [4.69, 9.17) is 0 Å². The third-order valence-corrected chi connectivity index (χ3v) is 3.83. The molecule has 1 heterocycles. The maximum Gasteiger partial charge on any atom is 0.271 e. The zero-order chi connectivity index (χ0) is 18.2. The average molecular weight is 341 g/mol. The van der Waals surface area contributed by atoms with E-state index in [-0.39, 0.29) is 11.9 Å². The summed E-state index contributed by atoms with van der Waals surface area (Å²) >= 11 is 0. The van der Waals surface area contributed by atoms with E-state index in [0.717, 1.165) is 18.9 Å². The normalized spacial score (nSPS) is 11.0. The van der Waals surface area contributed by atoms with Gasteiger partial charge in [-0.15, -0.1) is 0 Å². The zero-order valence-corrected chi connectivity index (χ0v) is 15.4. The summed E-state index contributed by atoms with van der Waals surface area (Å²) in [6, 6.07) is 10.5. The molecule has 1 amide bonds. The molecule has 0 saturated carbocycles. The number of hydrogen-bond acceptors (Lipinski definition) is 5. The van der Waals surface area contributed by atoms with Crippen molar-refractivity contribution >= 4 is 11.7 Å². The number of likely N-dealkylation sites (N-methyl/N-ethyl adjacent to an activating group) is 1. The van der Waals surface area contributed by atoms with Crippen molar-refractivity contribution in [2.24, 2.45) is 0 Å². The third kappa shape index (κ3) is 5.83. The molecule has 2 rings (SSSR count). The number of rotatable bonds is 8. The number of nitrogens with zero attached hydrogens (tertiary/aromatic N) is 4. The highest BCUT2D eigenvalue weighted by Gasteiger charge is 2.14. The van der Waals surface area contributed by atoms with Gasteiger partial charge in [0.05, 0.1) is 12.4 Å². The lowest BCUT2D eigenvalue weighted by atomic mass is 10.2. The molecule has 0 unspecified atom stereocenters. The molecule has 0 spiro atoms. The number of amides is 1. The number of benzene rings is 1. The maximum atomic E-state index is 12.1. The Bertz CT molecular complexity index is 655. The van der Waals surface area contributed by atoms with E-state index < -0.39 is 0 Å². The first-order valence-corrected chi connectivity index (χ1v) is 8.53. The lowest BCUT2D eigenvalue weighted by Crippen LogP contribution is -2.33. The Morgan fingerprint density at radius 2 is 1.84 bits per heavy atom. The Morgan fingerprint density at radius 3 is 2.40 bits per heavy atom. The Morgan fingerprint density at radius 1 is 1.12 bits per heavy atom. The van der Waals surface area contributed by atoms with Gasteiger partial charge in [0, 0.05) is 25.7 Å². The van der Waals surface area contributed by atoms with Crippen LogP contribution < -0.4 is 10.2 Å². The van der Waals surface area contributed by atoms with E-state index in [1.807, 2.05) is 37.2 Å². The molecule has 1 N–H and O–H groups in total. The SMILES string of the molecule is CC(C)N(Cc1ccccc1)c1cnc(C(=O)NCCN(C)C)cn1. The molecule has 0 aliphatic rings. The molecule has 2 aromatic rings. The van der Waals surface area contributed by atoms with E-state index in [9.17, 15) is 4.79 Å². The number of carbonyl (C=O) groups is 1. The lowest BCUT2D eigenvalue weighted by molar-refractivity contribution is 0.0945. The fraction of sp³-hybridized carbons (Fsp3) is 0.421. The molecular weight excluding hydrogens is 314 g/mol. The summed E-state index contributed by atoms with van der Waals surface area (Å²) in [4.78, 5) is 25.0. The van der Waals surface area contributed by atoms with Gasteiger partial charge in [-0.05, 0) is 33.5 Å². The van der Waals surface area contributed by atoms with Crippen LogP contribution in [0.4, 0.5) is 5.82 Å². The molecule has 6 nitrogen and oxygen atoms in total. The molecule has 25 heavy (non-hydrogen) atoms. The summed E-state index contributed by atoms with van der Waals surface area (Å²) in [5.41, 5.74) is 1.55. The summed E-state index contributed by atoms with van der Waals surface area (Å²) in [6.07, 6.45) is 3.21. The Balaban J connectivity index is 2.04. The van der Waals surface area contributed by atoms with Crippen LogP contribution in [0, 0.1) is 0 Å². The van der Waals surface area contributed by atoms with Gasteiger partial charge in [0.1, 0.15) is 11.5 Å². The minimum absolute atomic E-state index is 0.194. The number of anilines is 1. The second-order valence-corrected chi connectivity index (χ2v) is 6.53. The van der Waals surface area contributed by atoms with Crippen molar-refractivity contribution in [1.29, 1.82) is 0 Å². The van der Waals surface area contributed by atoms with Crippen LogP contribution in [0.3, 0.4) is 0 Å². The number of carbonyl (C=O) groups excluding carboxylic acids is 1. The van der Waals surface area contributed by atoms with Gasteiger partial charge < -0.3 is 15.1 Å². The number of hydrogen-bond donors (Lipinski definition) is 1. The summed E-state index contributed by atoms with van der Waals surface area (Å²) in [6.45, 7) is 6.36. The molecule has 0 fully saturated rings. The Kier molecular flexibility index (Phi) is 6.89. The van der Waals surface area contributed by atoms with Crippen molar-refractivity contribution in [1.82, 2.24) is 20.2 Å². The van der Waals surface area contributed by atoms with Crippen LogP contribution in [-0.4, -0.2) is 54.0 Å². The van der Waals surface area contributed by atoms with Crippen molar-refractivity contribution < 1.29 is 4.79 Å². The Labute approximate surface area is 149 Å². The largest absolute Gasteiger partial charge is 0.349 e. The first-order chi connectivity index (χ1) is 12.0. The molecule has 0 aliphatic heterocycles. The van der Waals surface area contributed by atoms with Crippen LogP contribution in [0.25, 0.3) is 0 Å². The Hall–Kier alpha value is -2.47. The van der Waals surface area contributed by atoms with Crippen molar-refractivity contribution in [3.8, 4) is 0 Å². The third-order valence-electron chi connectivity index (χ3n) is 3.83. The number of nitrogens with one attached hydrogen (secondary N) is 1. The fourth-order valence-electron chi connectivity index (χ4n) is 2.38. The minimum Gasteiger partial charge on any atom is -0.349 e. The predicted molar refractivity (Wildman–Crippen MR) is 101 cm³/mol. The maximum absolute atomic E-state index is 12.1. The second kappa shape index (κ2) is 9.13. The highest BCUT2D eigenvalue weighted by molar-refractivity contribution is 5.92. The molecule has 0 atom stereocenters. The molecule has 0 radical (unpaired) electrons. The first-order valence-electron chi connectivity index (χ1n) is 8.53. The van der Waals surface area contributed by atoms with Gasteiger partial charge in [-0.2, -0.15) is 0 Å². The van der Waals surface area contributed by atoms with Gasteiger partial charge in [-0.3, -0.25) is 4.79 Å². The van der Waals surface area contributed by atoms with Crippen LogP contribution in [-0.2, 0) is 6.54 Å². The van der Waals surface area contributed by atoms with Gasteiger partial charge in [0.2, 0.25) is 0 Å². The van der Waals surface area contributed by atoms with Crippen molar-refractivity contribution in [2.75, 3.05) is 32.1 Å². The van der Waals surface area contributed by atoms with Crippen LogP contribution in [0.2, 0.25) is 0 Å². The van der Waals surface area contributed by atoms with Crippen LogP contribution in [0.15, 0.2) is 42.7 Å². The standard InChI is InChI=1S/C19H27N5O/c1-15(2)24(14-16-8-6-5-7-9-16)18-13-21-17(12-22-18)19(25)20-10-11-23(3)4/h5-9,12-13,15H,10-11,14H2,1-4H3,(H,20,25). The van der Waals surface area contributed by atoms with Crippen LogP contribution in [0.5, 0.6) is 0 Å². The molecule has 0 saturated heterocycles. The highest BCUT2D eigenvalue weighted by atomic mass is 16.1. The van der Waals surface area contributed by atoms with Crippen molar-refractivity contribution in [2.45, 2.75) is 26.4 Å². The van der Waals surface area contributed by atoms with E-state index in [1.54, 1.807) is 12.4 Å². The van der Waals surface area contributed by atoms with Gasteiger partial charge in [0.15, 0.2) is 0 Å². The van der Waals surface area contributed by atoms with E-state index in [1.165, 1.54) is 5.56 Å². The van der Waals surface area contributed by atoms with Gasteiger partial charge in [-0.1, -0.05) is 30.3 Å². The predicted octanol–water partition coefficient (Wildman–Crippen LogP) is 2.18. The molecule has 6 heteroatoms. The van der Waals surface area contributed by atoms with Gasteiger partial charge in [-0.25, -0.2) is 9.97 Å². The zero-order valence-electron chi connectivity index (χ0n) is 15.4. The second-order valence-electron chi connectivity index (χ2n) is 6.53. The molecule has 134 valence electrons. The summed E-state index contributed by atoms with van der Waals surface area (Å²) in [5.74, 6) is 0.573. The average Bonchev–Trinajstić information content (AvgIpc) is 2.60. The van der Waals surface area contributed by atoms with E-state index in [0.29, 0.717) is 12.2 Å². The highest BCUT2D eigenvalue weighted by Crippen LogP contribution is 2.16. The first kappa shape index (κ1) is 18.9. The van der Waals surface area contributed by atoms with E-state index in [2.05, 4.69) is 46.2 Å². The molecule has 1 aromatic heterocycles. The molecule has 1 aromatic carbocycles. The molecule has 0 aliphatic carbocycles. The smallest absolute Gasteiger partial charge is 0.271 e. The lowest BCUT2D eigenvalue weighted by Gasteiger charge is -2.27. The molecule has 0 bridgehead atoms. The van der Waals surface area contributed by atoms with Crippen LogP contribution in [0.1, 0.15) is 29.9 Å². The minimum atomic E-state index is -0.194. The summed E-state index contributed by atoms with van der Waals surface area (Å²) in [5, 5.41) is 2.84. The van der Waals surface area contributed by atoms with E-state index >= 15 is 0 Å². The topological polar surface area (TPSA) is 61.4 Å². The van der Waals surface area contributed by atoms with Gasteiger partial charge in [0.25, 0.3) is 5.91 Å². The monoisotopic (exact) mass is 341 g/mol. The van der Waals surface area contributed by atoms with Crippen molar-refractivity contribution in [3.05, 3.63) is 54.0 Å². The quantitative estimate of drug-likeness (QED) is 0.797. The summed E-state index contributed by atoms with van der Waals surface area (Å²) in [7, 11) is 3.93. The van der Waals surface area contributed by atoms with Crippen molar-refractivity contribution in [3.63, 3.8) is 0 Å².